The number of hydrogen-bond acceptors (Lipinski definition) is 8. The van der Waals surface area contributed by atoms with Crippen molar-refractivity contribution in [1.82, 2.24) is 5.32 Å². The van der Waals surface area contributed by atoms with E-state index in [1.807, 2.05) is 6.08 Å². The molecule has 0 aromatic carbocycles. The van der Waals surface area contributed by atoms with Gasteiger partial charge in [0.25, 0.3) is 0 Å². The first-order chi connectivity index (χ1) is 31.8. The lowest BCUT2D eigenvalue weighted by Crippen LogP contribution is -2.60. The average Bonchev–Trinajstić information content (AvgIpc) is 3.31. The molecule has 65 heavy (non-hydrogen) atoms. The van der Waals surface area contributed by atoms with Crippen molar-refractivity contribution in [2.45, 2.75) is 249 Å². The quantitative estimate of drug-likeness (QED) is 0.0262. The first-order valence-electron chi connectivity index (χ1n) is 26.3. The van der Waals surface area contributed by atoms with Crippen LogP contribution in [0.4, 0.5) is 0 Å². The smallest absolute Gasteiger partial charge is 0.220 e. The predicted molar refractivity (Wildman–Crippen MR) is 271 cm³/mol. The minimum atomic E-state index is -1.58. The van der Waals surface area contributed by atoms with Crippen LogP contribution in [-0.2, 0) is 14.3 Å². The van der Waals surface area contributed by atoms with Gasteiger partial charge in [0.1, 0.15) is 24.4 Å². The molecule has 9 heteroatoms. The summed E-state index contributed by atoms with van der Waals surface area (Å²) in [6, 6.07) is -0.830. The number of unbranched alkanes of at least 4 members (excludes halogenated alkanes) is 21. The third-order valence-corrected chi connectivity index (χ3v) is 12.0. The molecule has 0 aliphatic carbocycles. The van der Waals surface area contributed by atoms with Crippen LogP contribution in [0.15, 0.2) is 85.1 Å². The maximum atomic E-state index is 13.0. The Hall–Kier alpha value is -2.63. The van der Waals surface area contributed by atoms with Crippen LogP contribution in [0, 0.1) is 0 Å². The van der Waals surface area contributed by atoms with Crippen LogP contribution >= 0.6 is 0 Å². The van der Waals surface area contributed by atoms with Crippen LogP contribution in [0.5, 0.6) is 0 Å². The van der Waals surface area contributed by atoms with Gasteiger partial charge in [-0.1, -0.05) is 208 Å². The Morgan fingerprint density at radius 3 is 1.48 bits per heavy atom. The predicted octanol–water partition coefficient (Wildman–Crippen LogP) is 12.3. The van der Waals surface area contributed by atoms with Gasteiger partial charge >= 0.3 is 0 Å². The monoisotopic (exact) mass is 912 g/mol. The molecule has 0 bridgehead atoms. The number of nitrogens with one attached hydrogen (secondary N) is 1. The summed E-state index contributed by atoms with van der Waals surface area (Å²) in [5.41, 5.74) is 0. The third-order valence-electron chi connectivity index (χ3n) is 12.0. The minimum absolute atomic E-state index is 0.197. The number of aliphatic hydroxyl groups is 5. The highest BCUT2D eigenvalue weighted by molar-refractivity contribution is 5.76. The van der Waals surface area contributed by atoms with Gasteiger partial charge in [0, 0.05) is 6.42 Å². The van der Waals surface area contributed by atoms with Crippen LogP contribution in [0.3, 0.4) is 0 Å². The molecule has 0 radical (unpaired) electrons. The molecule has 1 rings (SSSR count). The van der Waals surface area contributed by atoms with Crippen LogP contribution in [0.2, 0.25) is 0 Å². The Kier molecular flexibility index (Phi) is 42.0. The van der Waals surface area contributed by atoms with Crippen molar-refractivity contribution in [2.24, 2.45) is 0 Å². The first-order valence-corrected chi connectivity index (χ1v) is 26.3. The molecule has 1 fully saturated rings. The molecule has 0 aromatic heterocycles. The SMILES string of the molecule is CC/C=C\C/C=C\C/C=C\C/C=C\C/C=C\CCCCCCCCCCCC(=O)NC(COC1OC(CO)C(O)C(O)C1O)C(O)/C=C/CC/C=C/CCCCCCCCCCCCC. The maximum absolute atomic E-state index is 13.0. The molecule has 1 aliphatic heterocycles. The Morgan fingerprint density at radius 2 is 0.969 bits per heavy atom. The Bertz CT molecular complexity index is 1290. The highest BCUT2D eigenvalue weighted by atomic mass is 16.7. The number of rotatable bonds is 43. The lowest BCUT2D eigenvalue weighted by Gasteiger charge is -2.40. The van der Waals surface area contributed by atoms with Crippen molar-refractivity contribution in [3.05, 3.63) is 85.1 Å². The third kappa shape index (κ3) is 35.2. The average molecular weight is 912 g/mol. The molecule has 7 unspecified atom stereocenters. The van der Waals surface area contributed by atoms with Gasteiger partial charge in [0.15, 0.2) is 6.29 Å². The molecule has 374 valence electrons. The standard InChI is InChI=1S/C56H97NO8/c1-3-5-7-9-11-13-15-17-19-21-22-23-24-25-26-27-28-30-32-34-36-38-40-42-44-46-52(60)57-49(48-64-56-55(63)54(62)53(61)51(47-58)65-56)50(59)45-43-41-39-37-35-33-31-29-20-18-16-14-12-10-8-6-4-2/h5,7,11,13,17,19,22-23,25-26,35,37,43,45,49-51,53-56,58-59,61-63H,3-4,6,8-10,12,14-16,18,20-21,24,27-34,36,38-42,44,46-48H2,1-2H3,(H,57,60)/b7-5-,13-11-,19-17-,23-22-,26-25-,37-35+,45-43+. The van der Waals surface area contributed by atoms with Gasteiger partial charge in [-0.25, -0.2) is 0 Å². The molecule has 1 heterocycles. The summed E-state index contributed by atoms with van der Waals surface area (Å²) in [5, 5.41) is 54.4. The number of hydrogen-bond donors (Lipinski definition) is 6. The van der Waals surface area contributed by atoms with Gasteiger partial charge in [0.2, 0.25) is 5.91 Å². The summed E-state index contributed by atoms with van der Waals surface area (Å²) in [7, 11) is 0. The molecule has 9 nitrogen and oxygen atoms in total. The minimum Gasteiger partial charge on any atom is -0.394 e. The fourth-order valence-electron chi connectivity index (χ4n) is 7.79. The van der Waals surface area contributed by atoms with E-state index in [0.717, 1.165) is 83.5 Å². The van der Waals surface area contributed by atoms with Crippen LogP contribution < -0.4 is 5.32 Å². The zero-order valence-electron chi connectivity index (χ0n) is 41.2. The van der Waals surface area contributed by atoms with Gasteiger partial charge in [-0.05, 0) is 77.0 Å². The molecule has 1 aliphatic rings. The van der Waals surface area contributed by atoms with Gasteiger partial charge in [-0.2, -0.15) is 0 Å². The number of amides is 1. The first kappa shape index (κ1) is 60.4. The normalized spacial score (nSPS) is 20.6. The van der Waals surface area contributed by atoms with Crippen LogP contribution in [0.1, 0.15) is 206 Å². The second-order valence-electron chi connectivity index (χ2n) is 17.9. The maximum Gasteiger partial charge on any atom is 0.220 e. The molecular weight excluding hydrogens is 815 g/mol. The number of allylic oxidation sites excluding steroid dienone is 13. The van der Waals surface area contributed by atoms with E-state index in [1.54, 1.807) is 6.08 Å². The summed E-state index contributed by atoms with van der Waals surface area (Å²) in [6.07, 6.45) is 56.3. The Morgan fingerprint density at radius 1 is 0.538 bits per heavy atom. The second-order valence-corrected chi connectivity index (χ2v) is 17.9. The number of carbonyl (C=O) groups excluding carboxylic acids is 1. The molecule has 7 atom stereocenters. The van der Waals surface area contributed by atoms with Crippen molar-refractivity contribution >= 4 is 5.91 Å². The van der Waals surface area contributed by atoms with Gasteiger partial charge in [0.05, 0.1) is 25.4 Å². The zero-order chi connectivity index (χ0) is 47.3. The fraction of sp³-hybridized carbons (Fsp3) is 0.732. The Balaban J connectivity index is 2.30. The van der Waals surface area contributed by atoms with Gasteiger partial charge in [-0.15, -0.1) is 0 Å². The molecule has 1 saturated heterocycles. The van der Waals surface area contributed by atoms with E-state index < -0.39 is 49.5 Å². The van der Waals surface area contributed by atoms with Crippen molar-refractivity contribution in [3.8, 4) is 0 Å². The van der Waals surface area contributed by atoms with Crippen LogP contribution in [0.25, 0.3) is 0 Å². The highest BCUT2D eigenvalue weighted by Crippen LogP contribution is 2.22. The number of carbonyl (C=O) groups is 1. The van der Waals surface area contributed by atoms with E-state index in [1.165, 1.54) is 103 Å². The molecule has 0 aromatic rings. The van der Waals surface area contributed by atoms with E-state index in [4.69, 9.17) is 9.47 Å². The molecule has 6 N–H and O–H groups in total. The second kappa shape index (κ2) is 45.2. The molecular formula is C56H97NO8. The van der Waals surface area contributed by atoms with E-state index in [2.05, 4.69) is 92.1 Å². The van der Waals surface area contributed by atoms with Crippen molar-refractivity contribution in [2.75, 3.05) is 13.2 Å². The summed E-state index contributed by atoms with van der Waals surface area (Å²) in [6.45, 7) is 3.64. The van der Waals surface area contributed by atoms with Gasteiger partial charge < -0.3 is 40.3 Å². The number of aliphatic hydroxyl groups excluding tert-OH is 5. The largest absolute Gasteiger partial charge is 0.394 e. The molecule has 0 spiro atoms. The zero-order valence-corrected chi connectivity index (χ0v) is 41.2. The molecule has 0 saturated carbocycles. The summed E-state index contributed by atoms with van der Waals surface area (Å²) in [4.78, 5) is 13.0. The Labute approximate surface area is 397 Å². The van der Waals surface area contributed by atoms with E-state index in [-0.39, 0.29) is 12.5 Å². The summed E-state index contributed by atoms with van der Waals surface area (Å²) >= 11 is 0. The lowest BCUT2D eigenvalue weighted by atomic mass is 9.99. The van der Waals surface area contributed by atoms with Gasteiger partial charge in [-0.3, -0.25) is 4.79 Å². The van der Waals surface area contributed by atoms with E-state index in [0.29, 0.717) is 6.42 Å². The summed E-state index contributed by atoms with van der Waals surface area (Å²) < 4.78 is 11.2. The van der Waals surface area contributed by atoms with Crippen molar-refractivity contribution in [3.63, 3.8) is 0 Å². The van der Waals surface area contributed by atoms with Crippen LogP contribution in [-0.4, -0.2) is 87.5 Å². The summed E-state index contributed by atoms with van der Waals surface area (Å²) in [5.74, 6) is -0.197. The highest BCUT2D eigenvalue weighted by Gasteiger charge is 2.44. The number of ether oxygens (including phenoxy) is 2. The van der Waals surface area contributed by atoms with Crippen molar-refractivity contribution < 1.29 is 39.8 Å². The van der Waals surface area contributed by atoms with Crippen molar-refractivity contribution in [1.29, 1.82) is 0 Å². The topological polar surface area (TPSA) is 149 Å². The fourth-order valence-corrected chi connectivity index (χ4v) is 7.79. The van der Waals surface area contributed by atoms with E-state index >= 15 is 0 Å². The lowest BCUT2D eigenvalue weighted by molar-refractivity contribution is -0.302. The van der Waals surface area contributed by atoms with E-state index in [9.17, 15) is 30.3 Å². The molecule has 1 amide bonds.